The van der Waals surface area contributed by atoms with E-state index in [1.165, 1.54) is 24.8 Å². The molecule has 126 valence electrons. The molecule has 24 heavy (non-hydrogen) atoms. The van der Waals surface area contributed by atoms with E-state index in [2.05, 4.69) is 18.6 Å². The summed E-state index contributed by atoms with van der Waals surface area (Å²) >= 11 is 0. The third kappa shape index (κ3) is 4.10. The average Bonchev–Trinajstić information content (AvgIpc) is 2.59. The summed E-state index contributed by atoms with van der Waals surface area (Å²) in [6.45, 7) is 4.48. The fourth-order valence-electron chi connectivity index (χ4n) is 2.19. The minimum atomic E-state index is -0.677. The second-order valence-electron chi connectivity index (χ2n) is 5.61. The Morgan fingerprint density at radius 1 is 1.17 bits per heavy atom. The number of nitrogens with zero attached hydrogens (tertiary/aromatic N) is 1. The minimum Gasteiger partial charge on any atom is -0.488 e. The number of hydrogen-bond acceptors (Lipinski definition) is 5. The van der Waals surface area contributed by atoms with E-state index in [-0.39, 0.29) is 23.6 Å². The number of nitro groups is 1. The molecule has 0 aromatic heterocycles. The molecular weight excluding hydrogens is 310 g/mol. The molecule has 0 radical (unpaired) electrons. The number of hydrogen-bond donors (Lipinski definition) is 0. The van der Waals surface area contributed by atoms with E-state index in [0.717, 1.165) is 11.6 Å². The Hall–Kier alpha value is -2.89. The van der Waals surface area contributed by atoms with Crippen molar-refractivity contribution < 1.29 is 19.2 Å². The molecule has 0 amide bonds. The van der Waals surface area contributed by atoms with Crippen molar-refractivity contribution in [3.8, 4) is 5.75 Å². The molecule has 2 aromatic rings. The molecule has 0 heterocycles. The third-order valence-corrected chi connectivity index (χ3v) is 3.62. The number of nitro benzene ring substituents is 1. The van der Waals surface area contributed by atoms with E-state index in [9.17, 15) is 14.9 Å². The highest BCUT2D eigenvalue weighted by atomic mass is 16.6. The maximum Gasteiger partial charge on any atom is 0.341 e. The van der Waals surface area contributed by atoms with Gasteiger partial charge in [-0.05, 0) is 23.1 Å². The first-order chi connectivity index (χ1) is 11.4. The standard InChI is InChI=1S/C18H19NO5/c1-12(2)14-6-4-13(5-7-14)11-24-17-9-8-15(19(21)22)10-16(17)18(20)23-3/h4-10,12H,11H2,1-3H3. The first kappa shape index (κ1) is 17.5. The fraction of sp³-hybridized carbons (Fsp3) is 0.278. The van der Waals surface area contributed by atoms with E-state index in [4.69, 9.17) is 4.74 Å². The second kappa shape index (κ2) is 7.59. The van der Waals surface area contributed by atoms with Gasteiger partial charge in [0.2, 0.25) is 0 Å². The quantitative estimate of drug-likeness (QED) is 0.453. The van der Waals surface area contributed by atoms with Crippen LogP contribution in [0.1, 0.15) is 41.3 Å². The van der Waals surface area contributed by atoms with Crippen LogP contribution in [0.3, 0.4) is 0 Å². The molecule has 0 spiro atoms. The molecule has 2 aromatic carbocycles. The van der Waals surface area contributed by atoms with E-state index in [1.807, 2.05) is 24.3 Å². The summed E-state index contributed by atoms with van der Waals surface area (Å²) in [5.41, 5.74) is 2.01. The van der Waals surface area contributed by atoms with Crippen LogP contribution in [0.15, 0.2) is 42.5 Å². The largest absolute Gasteiger partial charge is 0.488 e. The lowest BCUT2D eigenvalue weighted by Gasteiger charge is -2.11. The lowest BCUT2D eigenvalue weighted by molar-refractivity contribution is -0.384. The third-order valence-electron chi connectivity index (χ3n) is 3.62. The number of non-ortho nitro benzene ring substituents is 1. The highest BCUT2D eigenvalue weighted by molar-refractivity contribution is 5.93. The molecule has 0 unspecified atom stereocenters. The number of benzene rings is 2. The predicted octanol–water partition coefficient (Wildman–Crippen LogP) is 4.08. The summed E-state index contributed by atoms with van der Waals surface area (Å²) in [4.78, 5) is 22.1. The van der Waals surface area contributed by atoms with Gasteiger partial charge in [-0.15, -0.1) is 0 Å². The molecule has 0 bridgehead atoms. The molecule has 0 N–H and O–H groups in total. The van der Waals surface area contributed by atoms with Crippen molar-refractivity contribution in [1.82, 2.24) is 0 Å². The summed E-state index contributed by atoms with van der Waals surface area (Å²) in [5.74, 6) is 0.0183. The van der Waals surface area contributed by atoms with Gasteiger partial charge in [-0.3, -0.25) is 10.1 Å². The number of ether oxygens (including phenoxy) is 2. The van der Waals surface area contributed by atoms with E-state index >= 15 is 0 Å². The number of carbonyl (C=O) groups excluding carboxylic acids is 1. The summed E-state index contributed by atoms with van der Waals surface area (Å²) in [5, 5.41) is 10.9. The van der Waals surface area contributed by atoms with Gasteiger partial charge in [0.15, 0.2) is 0 Å². The average molecular weight is 329 g/mol. The normalized spacial score (nSPS) is 10.5. The van der Waals surface area contributed by atoms with Crippen molar-refractivity contribution in [1.29, 1.82) is 0 Å². The van der Waals surface area contributed by atoms with Crippen molar-refractivity contribution in [3.63, 3.8) is 0 Å². The van der Waals surface area contributed by atoms with Gasteiger partial charge in [0, 0.05) is 12.1 Å². The van der Waals surface area contributed by atoms with Crippen LogP contribution in [-0.2, 0) is 11.3 Å². The van der Waals surface area contributed by atoms with Crippen molar-refractivity contribution in [3.05, 3.63) is 69.3 Å². The number of carbonyl (C=O) groups is 1. The summed E-state index contributed by atoms with van der Waals surface area (Å²) in [6, 6.07) is 11.8. The summed E-state index contributed by atoms with van der Waals surface area (Å²) in [6.07, 6.45) is 0. The molecule has 0 saturated carbocycles. The van der Waals surface area contributed by atoms with Crippen LogP contribution in [-0.4, -0.2) is 18.0 Å². The Morgan fingerprint density at radius 3 is 2.38 bits per heavy atom. The van der Waals surface area contributed by atoms with Gasteiger partial charge in [-0.2, -0.15) is 0 Å². The maximum atomic E-state index is 11.8. The minimum absolute atomic E-state index is 0.0329. The second-order valence-corrected chi connectivity index (χ2v) is 5.61. The van der Waals surface area contributed by atoms with Gasteiger partial charge in [-0.1, -0.05) is 38.1 Å². The SMILES string of the molecule is COC(=O)c1cc([N+](=O)[O-])ccc1OCc1ccc(C(C)C)cc1. The molecule has 0 aliphatic heterocycles. The van der Waals surface area contributed by atoms with Gasteiger partial charge in [0.05, 0.1) is 12.0 Å². The molecule has 0 aliphatic carbocycles. The van der Waals surface area contributed by atoms with E-state index < -0.39 is 10.9 Å². The van der Waals surface area contributed by atoms with Crippen LogP contribution >= 0.6 is 0 Å². The Balaban J connectivity index is 2.19. The zero-order valence-electron chi connectivity index (χ0n) is 13.8. The van der Waals surface area contributed by atoms with Crippen LogP contribution in [0.4, 0.5) is 5.69 Å². The number of methoxy groups -OCH3 is 1. The lowest BCUT2D eigenvalue weighted by Crippen LogP contribution is -2.07. The van der Waals surface area contributed by atoms with Crippen LogP contribution in [0.5, 0.6) is 5.75 Å². The van der Waals surface area contributed by atoms with Crippen LogP contribution in [0.25, 0.3) is 0 Å². The van der Waals surface area contributed by atoms with Crippen LogP contribution in [0, 0.1) is 10.1 Å². The van der Waals surface area contributed by atoms with Crippen molar-refractivity contribution in [2.75, 3.05) is 7.11 Å². The van der Waals surface area contributed by atoms with Gasteiger partial charge in [0.25, 0.3) is 5.69 Å². The molecule has 0 aliphatic rings. The first-order valence-corrected chi connectivity index (χ1v) is 7.50. The van der Waals surface area contributed by atoms with Crippen molar-refractivity contribution in [2.24, 2.45) is 0 Å². The van der Waals surface area contributed by atoms with Crippen LogP contribution < -0.4 is 4.74 Å². The van der Waals surface area contributed by atoms with Gasteiger partial charge in [-0.25, -0.2) is 4.79 Å². The highest BCUT2D eigenvalue weighted by Gasteiger charge is 2.18. The molecule has 0 saturated heterocycles. The maximum absolute atomic E-state index is 11.8. The predicted molar refractivity (Wildman–Crippen MR) is 89.3 cm³/mol. The van der Waals surface area contributed by atoms with Gasteiger partial charge in [0.1, 0.15) is 17.9 Å². The summed E-state index contributed by atoms with van der Waals surface area (Å²) in [7, 11) is 1.22. The van der Waals surface area contributed by atoms with E-state index in [1.54, 1.807) is 0 Å². The zero-order chi connectivity index (χ0) is 17.7. The molecular formula is C18H19NO5. The van der Waals surface area contributed by atoms with Crippen LogP contribution in [0.2, 0.25) is 0 Å². The fourth-order valence-corrected chi connectivity index (χ4v) is 2.19. The highest BCUT2D eigenvalue weighted by Crippen LogP contribution is 2.26. The van der Waals surface area contributed by atoms with E-state index in [0.29, 0.717) is 5.92 Å². The Kier molecular flexibility index (Phi) is 5.52. The molecule has 2 rings (SSSR count). The molecule has 0 fully saturated rings. The Morgan fingerprint density at radius 2 is 1.83 bits per heavy atom. The Labute approximate surface area is 140 Å². The van der Waals surface area contributed by atoms with Crippen molar-refractivity contribution >= 4 is 11.7 Å². The Bertz CT molecular complexity index is 738. The molecule has 6 nitrogen and oxygen atoms in total. The van der Waals surface area contributed by atoms with Gasteiger partial charge < -0.3 is 9.47 Å². The molecule has 6 heteroatoms. The topological polar surface area (TPSA) is 78.7 Å². The first-order valence-electron chi connectivity index (χ1n) is 7.50. The lowest BCUT2D eigenvalue weighted by atomic mass is 10.0. The summed E-state index contributed by atoms with van der Waals surface area (Å²) < 4.78 is 10.3. The number of rotatable bonds is 6. The molecule has 0 atom stereocenters. The monoisotopic (exact) mass is 329 g/mol. The zero-order valence-corrected chi connectivity index (χ0v) is 13.8. The van der Waals surface area contributed by atoms with Gasteiger partial charge >= 0.3 is 5.97 Å². The smallest absolute Gasteiger partial charge is 0.341 e. The number of esters is 1. The van der Waals surface area contributed by atoms with Crippen molar-refractivity contribution in [2.45, 2.75) is 26.4 Å².